The molecule has 0 fully saturated rings. The standard InChI is InChI=1S/C12H13BrO2/c1-3-8-12(14,9-13)10-6-4-5-7-11(10)15-2/h4-8,14H,1,9H2,2H3. The van der Waals surface area contributed by atoms with E-state index in [2.05, 4.69) is 28.2 Å². The first-order chi connectivity index (χ1) is 7.18. The molecule has 0 aliphatic heterocycles. The highest BCUT2D eigenvalue weighted by Gasteiger charge is 2.27. The van der Waals surface area contributed by atoms with Crippen LogP contribution in [0.25, 0.3) is 0 Å². The van der Waals surface area contributed by atoms with E-state index in [4.69, 9.17) is 4.74 Å². The molecule has 3 heteroatoms. The molecule has 0 saturated carbocycles. The van der Waals surface area contributed by atoms with Crippen molar-refractivity contribution in [3.05, 3.63) is 48.2 Å². The molecule has 1 N–H and O–H groups in total. The average Bonchev–Trinajstić information content (AvgIpc) is 2.29. The van der Waals surface area contributed by atoms with E-state index in [1.165, 1.54) is 6.08 Å². The van der Waals surface area contributed by atoms with E-state index in [0.29, 0.717) is 16.6 Å². The molecule has 80 valence electrons. The van der Waals surface area contributed by atoms with Gasteiger partial charge in [0.15, 0.2) is 0 Å². The summed E-state index contributed by atoms with van der Waals surface area (Å²) in [5, 5.41) is 10.7. The Bertz CT molecular complexity index is 383. The van der Waals surface area contributed by atoms with Gasteiger partial charge in [0.25, 0.3) is 0 Å². The number of rotatable bonds is 4. The highest BCUT2D eigenvalue weighted by Crippen LogP contribution is 2.32. The van der Waals surface area contributed by atoms with Crippen molar-refractivity contribution in [2.45, 2.75) is 5.60 Å². The summed E-state index contributed by atoms with van der Waals surface area (Å²) >= 11 is 3.27. The second kappa shape index (κ2) is 5.17. The number of benzene rings is 1. The third-order valence-electron chi connectivity index (χ3n) is 2.12. The molecule has 1 rings (SSSR count). The normalized spacial score (nSPS) is 13.8. The van der Waals surface area contributed by atoms with Gasteiger partial charge in [0.1, 0.15) is 11.4 Å². The minimum absolute atomic E-state index is 0.364. The highest BCUT2D eigenvalue weighted by atomic mass is 79.9. The van der Waals surface area contributed by atoms with Crippen molar-refractivity contribution in [2.24, 2.45) is 0 Å². The molecule has 0 aliphatic rings. The topological polar surface area (TPSA) is 29.5 Å². The Morgan fingerprint density at radius 2 is 2.27 bits per heavy atom. The van der Waals surface area contributed by atoms with Gasteiger partial charge in [0.2, 0.25) is 0 Å². The number of alkyl halides is 1. The summed E-state index contributed by atoms with van der Waals surface area (Å²) in [4.78, 5) is 0. The molecule has 1 aromatic rings. The van der Waals surface area contributed by atoms with Crippen molar-refractivity contribution >= 4 is 15.9 Å². The first kappa shape index (κ1) is 12.1. The first-order valence-corrected chi connectivity index (χ1v) is 5.59. The van der Waals surface area contributed by atoms with Gasteiger partial charge in [-0.1, -0.05) is 40.7 Å². The molecule has 1 atom stereocenters. The van der Waals surface area contributed by atoms with Crippen LogP contribution in [0.5, 0.6) is 5.75 Å². The lowest BCUT2D eigenvalue weighted by atomic mass is 9.95. The monoisotopic (exact) mass is 268 g/mol. The number of ether oxygens (including phenoxy) is 1. The number of hydrogen-bond acceptors (Lipinski definition) is 2. The van der Waals surface area contributed by atoms with Gasteiger partial charge in [-0.15, -0.1) is 5.73 Å². The Labute approximate surface area is 98.0 Å². The minimum Gasteiger partial charge on any atom is -0.496 e. The third kappa shape index (κ3) is 2.51. The number of hydrogen-bond donors (Lipinski definition) is 1. The molecule has 0 aromatic heterocycles. The van der Waals surface area contributed by atoms with Crippen molar-refractivity contribution < 1.29 is 9.84 Å². The van der Waals surface area contributed by atoms with E-state index in [9.17, 15) is 5.11 Å². The largest absolute Gasteiger partial charge is 0.496 e. The second-order valence-electron chi connectivity index (χ2n) is 3.11. The lowest BCUT2D eigenvalue weighted by Crippen LogP contribution is -2.25. The minimum atomic E-state index is -1.13. The first-order valence-electron chi connectivity index (χ1n) is 4.47. The molecule has 1 aromatic carbocycles. The fourth-order valence-electron chi connectivity index (χ4n) is 1.36. The zero-order valence-corrected chi connectivity index (χ0v) is 10.1. The van der Waals surface area contributed by atoms with E-state index in [0.717, 1.165) is 0 Å². The Morgan fingerprint density at radius 1 is 1.60 bits per heavy atom. The van der Waals surface area contributed by atoms with E-state index < -0.39 is 5.60 Å². The van der Waals surface area contributed by atoms with Crippen LogP contribution in [0.4, 0.5) is 0 Å². The van der Waals surface area contributed by atoms with Gasteiger partial charge in [0.05, 0.1) is 7.11 Å². The molecule has 0 amide bonds. The van der Waals surface area contributed by atoms with Crippen LogP contribution in [0.1, 0.15) is 5.56 Å². The fraction of sp³-hybridized carbons (Fsp3) is 0.250. The van der Waals surface area contributed by atoms with Crippen LogP contribution in [0.3, 0.4) is 0 Å². The number of aliphatic hydroxyl groups is 1. The van der Waals surface area contributed by atoms with Crippen LogP contribution in [0, 0.1) is 0 Å². The summed E-state index contributed by atoms with van der Waals surface area (Å²) in [5.41, 5.74) is 2.16. The molecule has 0 heterocycles. The quantitative estimate of drug-likeness (QED) is 0.672. The van der Waals surface area contributed by atoms with Crippen molar-refractivity contribution in [3.8, 4) is 5.75 Å². The van der Waals surface area contributed by atoms with Gasteiger partial charge in [-0.3, -0.25) is 0 Å². The second-order valence-corrected chi connectivity index (χ2v) is 3.67. The van der Waals surface area contributed by atoms with Crippen LogP contribution in [-0.4, -0.2) is 17.5 Å². The SMILES string of the molecule is C=C=CC(O)(CBr)c1ccccc1OC. The van der Waals surface area contributed by atoms with Gasteiger partial charge >= 0.3 is 0 Å². The Kier molecular flexibility index (Phi) is 4.15. The summed E-state index contributed by atoms with van der Waals surface area (Å²) in [6.45, 7) is 3.47. The van der Waals surface area contributed by atoms with Crippen LogP contribution in [0.15, 0.2) is 42.7 Å². The zero-order chi connectivity index (χ0) is 11.3. The zero-order valence-electron chi connectivity index (χ0n) is 8.53. The lowest BCUT2D eigenvalue weighted by molar-refractivity contribution is 0.114. The molecule has 2 nitrogen and oxygen atoms in total. The number of halogens is 1. The van der Waals surface area contributed by atoms with E-state index in [-0.39, 0.29) is 0 Å². The molecule has 1 unspecified atom stereocenters. The van der Waals surface area contributed by atoms with Gasteiger partial charge in [-0.05, 0) is 12.1 Å². The number of methoxy groups -OCH3 is 1. The smallest absolute Gasteiger partial charge is 0.128 e. The fourth-order valence-corrected chi connectivity index (χ4v) is 1.82. The number of para-hydroxylation sites is 1. The van der Waals surface area contributed by atoms with Crippen molar-refractivity contribution in [1.29, 1.82) is 0 Å². The summed E-state index contributed by atoms with van der Waals surface area (Å²) in [6.07, 6.45) is 1.51. The third-order valence-corrected chi connectivity index (χ3v) is 2.97. The maximum atomic E-state index is 10.3. The van der Waals surface area contributed by atoms with Gasteiger partial charge in [-0.25, -0.2) is 0 Å². The molecule has 0 spiro atoms. The van der Waals surface area contributed by atoms with E-state index in [1.54, 1.807) is 13.2 Å². The Balaban J connectivity index is 3.28. The maximum Gasteiger partial charge on any atom is 0.128 e. The van der Waals surface area contributed by atoms with Gasteiger partial charge in [0, 0.05) is 10.9 Å². The molecular weight excluding hydrogens is 256 g/mol. The van der Waals surface area contributed by atoms with E-state index in [1.807, 2.05) is 18.2 Å². The summed E-state index contributed by atoms with van der Waals surface area (Å²) in [6, 6.07) is 7.32. The van der Waals surface area contributed by atoms with Gasteiger partial charge in [-0.2, -0.15) is 0 Å². The summed E-state index contributed by atoms with van der Waals surface area (Å²) in [5.74, 6) is 0.644. The predicted molar refractivity (Wildman–Crippen MR) is 64.4 cm³/mol. The molecule has 0 radical (unpaired) electrons. The van der Waals surface area contributed by atoms with Crippen molar-refractivity contribution in [3.63, 3.8) is 0 Å². The Morgan fingerprint density at radius 3 is 2.80 bits per heavy atom. The molecule has 15 heavy (non-hydrogen) atoms. The van der Waals surface area contributed by atoms with Crippen LogP contribution < -0.4 is 4.74 Å². The van der Waals surface area contributed by atoms with E-state index >= 15 is 0 Å². The Hall–Kier alpha value is -1.02. The predicted octanol–water partition coefficient (Wildman–Crippen LogP) is 2.62. The van der Waals surface area contributed by atoms with Crippen LogP contribution in [-0.2, 0) is 5.60 Å². The van der Waals surface area contributed by atoms with Crippen molar-refractivity contribution in [2.75, 3.05) is 12.4 Å². The van der Waals surface area contributed by atoms with Crippen molar-refractivity contribution in [1.82, 2.24) is 0 Å². The lowest BCUT2D eigenvalue weighted by Gasteiger charge is -2.23. The maximum absolute atomic E-state index is 10.3. The van der Waals surface area contributed by atoms with Crippen LogP contribution in [0.2, 0.25) is 0 Å². The highest BCUT2D eigenvalue weighted by molar-refractivity contribution is 9.09. The average molecular weight is 269 g/mol. The summed E-state index contributed by atoms with van der Waals surface area (Å²) in [7, 11) is 1.57. The molecule has 0 aliphatic carbocycles. The van der Waals surface area contributed by atoms with Crippen LogP contribution >= 0.6 is 15.9 Å². The summed E-state index contributed by atoms with van der Waals surface area (Å²) < 4.78 is 5.19. The molecule has 0 bridgehead atoms. The molecular formula is C12H13BrO2. The molecule has 0 saturated heterocycles. The van der Waals surface area contributed by atoms with Gasteiger partial charge < -0.3 is 9.84 Å².